The lowest BCUT2D eigenvalue weighted by atomic mass is 10.2. The number of nitrogens with zero attached hydrogens (tertiary/aromatic N) is 1. The van der Waals surface area contributed by atoms with E-state index in [-0.39, 0.29) is 5.12 Å². The van der Waals surface area contributed by atoms with Crippen LogP contribution in [-0.4, -0.2) is 16.1 Å². The highest BCUT2D eigenvalue weighted by Crippen LogP contribution is 2.21. The monoisotopic (exact) mass is 271 g/mol. The summed E-state index contributed by atoms with van der Waals surface area (Å²) in [6.07, 6.45) is 1.52. The zero-order valence-electron chi connectivity index (χ0n) is 10.4. The van der Waals surface area contributed by atoms with Crippen molar-refractivity contribution < 1.29 is 9.53 Å². The van der Waals surface area contributed by atoms with Crippen LogP contribution in [0.2, 0.25) is 0 Å². The molecule has 0 saturated carbocycles. The molecule has 0 saturated heterocycles. The van der Waals surface area contributed by atoms with Crippen LogP contribution in [0.4, 0.5) is 5.69 Å². The van der Waals surface area contributed by atoms with E-state index in [1.165, 1.54) is 13.1 Å². The van der Waals surface area contributed by atoms with Gasteiger partial charge in [0.1, 0.15) is 0 Å². The number of rotatable bonds is 3. The fourth-order valence-corrected chi connectivity index (χ4v) is 2.18. The molecule has 0 amide bonds. The Labute approximate surface area is 116 Å². The fraction of sp³-hybridized carbons (Fsp3) is 0.0667. The Bertz CT molecular complexity index is 591. The standard InChI is InChI=1S/C15H13NO2S/c1-12(17)19-15-9-7-14(8-10-15)16(18)11-13-5-3-2-4-6-13/h2-11H,1H3. The summed E-state index contributed by atoms with van der Waals surface area (Å²) < 4.78 is 0.817. The van der Waals surface area contributed by atoms with Gasteiger partial charge in [0, 0.05) is 29.5 Å². The van der Waals surface area contributed by atoms with E-state index in [4.69, 9.17) is 0 Å². The number of carbonyl (C=O) groups excluding carboxylic acids is 1. The summed E-state index contributed by atoms with van der Waals surface area (Å²) >= 11 is 1.15. The van der Waals surface area contributed by atoms with E-state index in [0.717, 1.165) is 27.0 Å². The number of thioether (sulfide) groups is 1. The van der Waals surface area contributed by atoms with Crippen molar-refractivity contribution in [3.05, 3.63) is 65.4 Å². The van der Waals surface area contributed by atoms with Crippen LogP contribution in [0, 0.1) is 5.21 Å². The smallest absolute Gasteiger partial charge is 0.216 e. The summed E-state index contributed by atoms with van der Waals surface area (Å²) in [6, 6.07) is 16.3. The predicted octanol–water partition coefficient (Wildman–Crippen LogP) is 3.59. The maximum atomic E-state index is 11.9. The van der Waals surface area contributed by atoms with Crippen molar-refractivity contribution in [2.45, 2.75) is 11.8 Å². The largest absolute Gasteiger partial charge is 0.618 e. The van der Waals surface area contributed by atoms with Crippen molar-refractivity contribution in [3.63, 3.8) is 0 Å². The first-order valence-electron chi connectivity index (χ1n) is 5.80. The van der Waals surface area contributed by atoms with E-state index in [9.17, 15) is 10.0 Å². The molecule has 0 aliphatic rings. The van der Waals surface area contributed by atoms with Crippen LogP contribution in [0.15, 0.2) is 59.5 Å². The van der Waals surface area contributed by atoms with Crippen LogP contribution in [0.25, 0.3) is 0 Å². The average molecular weight is 271 g/mol. The number of carbonyl (C=O) groups is 1. The minimum absolute atomic E-state index is 0.0302. The second-order valence-corrected chi connectivity index (χ2v) is 5.20. The lowest BCUT2D eigenvalue weighted by molar-refractivity contribution is -0.354. The maximum Gasteiger partial charge on any atom is 0.216 e. The second-order valence-electron chi connectivity index (χ2n) is 3.95. The Balaban J connectivity index is 2.18. The van der Waals surface area contributed by atoms with Crippen molar-refractivity contribution in [2.75, 3.05) is 0 Å². The van der Waals surface area contributed by atoms with E-state index >= 15 is 0 Å². The first kappa shape index (κ1) is 13.4. The predicted molar refractivity (Wildman–Crippen MR) is 77.9 cm³/mol. The Morgan fingerprint density at radius 1 is 1.11 bits per heavy atom. The molecule has 0 aliphatic heterocycles. The summed E-state index contributed by atoms with van der Waals surface area (Å²) in [7, 11) is 0. The molecule has 3 nitrogen and oxygen atoms in total. The van der Waals surface area contributed by atoms with E-state index in [1.54, 1.807) is 24.3 Å². The van der Waals surface area contributed by atoms with Gasteiger partial charge < -0.3 is 5.21 Å². The third kappa shape index (κ3) is 3.96. The Hall–Kier alpha value is -2.07. The van der Waals surface area contributed by atoms with Crippen molar-refractivity contribution in [2.24, 2.45) is 0 Å². The van der Waals surface area contributed by atoms with Crippen molar-refractivity contribution in [1.29, 1.82) is 0 Å². The minimum Gasteiger partial charge on any atom is -0.618 e. The zero-order valence-corrected chi connectivity index (χ0v) is 11.3. The van der Waals surface area contributed by atoms with Gasteiger partial charge in [-0.1, -0.05) is 30.0 Å². The van der Waals surface area contributed by atoms with Crippen LogP contribution in [0.1, 0.15) is 12.5 Å². The van der Waals surface area contributed by atoms with Crippen LogP contribution in [-0.2, 0) is 4.79 Å². The first-order chi connectivity index (χ1) is 9.15. The van der Waals surface area contributed by atoms with Gasteiger partial charge in [-0.05, 0) is 24.3 Å². The maximum absolute atomic E-state index is 11.9. The van der Waals surface area contributed by atoms with Crippen molar-refractivity contribution in [3.8, 4) is 0 Å². The molecule has 0 bridgehead atoms. The fourth-order valence-electron chi connectivity index (χ4n) is 1.58. The summed E-state index contributed by atoms with van der Waals surface area (Å²) in [5.41, 5.74) is 1.39. The number of hydrogen-bond donors (Lipinski definition) is 0. The van der Waals surface area contributed by atoms with Gasteiger partial charge in [-0.2, -0.15) is 4.74 Å². The molecule has 0 atom stereocenters. The van der Waals surface area contributed by atoms with Crippen LogP contribution in [0.3, 0.4) is 0 Å². The van der Waals surface area contributed by atoms with E-state index in [2.05, 4.69) is 0 Å². The molecule has 4 heteroatoms. The van der Waals surface area contributed by atoms with Gasteiger partial charge in [0.2, 0.25) is 5.69 Å². The lowest BCUT2D eigenvalue weighted by Gasteiger charge is -2.03. The van der Waals surface area contributed by atoms with Gasteiger partial charge in [0.25, 0.3) is 0 Å². The molecule has 96 valence electrons. The molecule has 0 aromatic heterocycles. The van der Waals surface area contributed by atoms with Gasteiger partial charge in [-0.15, -0.1) is 0 Å². The van der Waals surface area contributed by atoms with Gasteiger partial charge in [0.05, 0.1) is 0 Å². The molecule has 0 N–H and O–H groups in total. The quantitative estimate of drug-likeness (QED) is 0.282. The first-order valence-corrected chi connectivity index (χ1v) is 6.61. The molecule has 0 aliphatic carbocycles. The van der Waals surface area contributed by atoms with Gasteiger partial charge >= 0.3 is 0 Å². The average Bonchev–Trinajstić information content (AvgIpc) is 2.40. The molecule has 0 spiro atoms. The minimum atomic E-state index is 0.0302. The lowest BCUT2D eigenvalue weighted by Crippen LogP contribution is -1.98. The molecule has 0 heterocycles. The summed E-state index contributed by atoms with van der Waals surface area (Å²) in [5, 5.41) is 12.0. The highest BCUT2D eigenvalue weighted by atomic mass is 32.2. The summed E-state index contributed by atoms with van der Waals surface area (Å²) in [6.45, 7) is 1.52. The topological polar surface area (TPSA) is 43.1 Å². The molecule has 19 heavy (non-hydrogen) atoms. The van der Waals surface area contributed by atoms with E-state index in [1.807, 2.05) is 30.3 Å². The highest BCUT2D eigenvalue weighted by molar-refractivity contribution is 8.13. The Morgan fingerprint density at radius 3 is 2.32 bits per heavy atom. The summed E-state index contributed by atoms with van der Waals surface area (Å²) in [5.74, 6) is 0. The Morgan fingerprint density at radius 2 is 1.74 bits per heavy atom. The molecule has 0 radical (unpaired) electrons. The Kier molecular flexibility index (Phi) is 4.36. The molecule has 2 aromatic carbocycles. The molecular formula is C15H13NO2S. The number of hydrogen-bond acceptors (Lipinski definition) is 3. The van der Waals surface area contributed by atoms with Crippen molar-refractivity contribution >= 4 is 28.8 Å². The zero-order chi connectivity index (χ0) is 13.7. The van der Waals surface area contributed by atoms with Crippen LogP contribution in [0.5, 0.6) is 0 Å². The molecule has 0 fully saturated rings. The third-order valence-electron chi connectivity index (χ3n) is 2.42. The normalized spacial score (nSPS) is 11.3. The van der Waals surface area contributed by atoms with Crippen LogP contribution >= 0.6 is 11.8 Å². The van der Waals surface area contributed by atoms with Crippen molar-refractivity contribution in [1.82, 2.24) is 0 Å². The van der Waals surface area contributed by atoms with Gasteiger partial charge in [-0.3, -0.25) is 4.79 Å². The second kappa shape index (κ2) is 6.20. The highest BCUT2D eigenvalue weighted by Gasteiger charge is 2.03. The van der Waals surface area contributed by atoms with Crippen LogP contribution < -0.4 is 0 Å². The molecule has 0 unspecified atom stereocenters. The molecular weight excluding hydrogens is 258 g/mol. The van der Waals surface area contributed by atoms with Gasteiger partial charge in [0.15, 0.2) is 11.3 Å². The number of benzene rings is 2. The van der Waals surface area contributed by atoms with Gasteiger partial charge in [-0.25, -0.2) is 0 Å². The van der Waals surface area contributed by atoms with E-state index < -0.39 is 0 Å². The van der Waals surface area contributed by atoms with E-state index in [0.29, 0.717) is 5.69 Å². The summed E-state index contributed by atoms with van der Waals surface area (Å²) in [4.78, 5) is 11.8. The molecule has 2 aromatic rings. The SMILES string of the molecule is CC(=O)Sc1ccc([N+]([O-])=Cc2ccccc2)cc1. The third-order valence-corrected chi connectivity index (χ3v) is 3.21. The molecule has 2 rings (SSSR count).